The molecule has 108 valence electrons. The van der Waals surface area contributed by atoms with Crippen LogP contribution in [0.5, 0.6) is 12.0 Å². The number of nitrogens with two attached hydrogens (primary N) is 1. The van der Waals surface area contributed by atoms with E-state index in [0.717, 1.165) is 6.42 Å². The van der Waals surface area contributed by atoms with Gasteiger partial charge in [0.15, 0.2) is 0 Å². The lowest BCUT2D eigenvalue weighted by Crippen LogP contribution is -2.16. The minimum absolute atomic E-state index is 0.154. The van der Waals surface area contributed by atoms with Gasteiger partial charge in [0.1, 0.15) is 6.61 Å². The van der Waals surface area contributed by atoms with Gasteiger partial charge in [-0.1, -0.05) is 6.92 Å². The molecular weight excluding hydrogens is 250 g/mol. The van der Waals surface area contributed by atoms with E-state index < -0.39 is 0 Å². The lowest BCUT2D eigenvalue weighted by molar-refractivity contribution is 0.0528. The van der Waals surface area contributed by atoms with Crippen LogP contribution in [0.25, 0.3) is 0 Å². The number of hydrazine groups is 1. The SMILES string of the molecule is CCCOc1nc(NN)nc(OCCOC(C)C)n1. The van der Waals surface area contributed by atoms with E-state index >= 15 is 0 Å². The fourth-order valence-corrected chi connectivity index (χ4v) is 1.14. The lowest BCUT2D eigenvalue weighted by Gasteiger charge is -2.09. The topological polar surface area (TPSA) is 104 Å². The van der Waals surface area contributed by atoms with Gasteiger partial charge >= 0.3 is 12.0 Å². The first-order valence-corrected chi connectivity index (χ1v) is 6.25. The van der Waals surface area contributed by atoms with E-state index in [1.165, 1.54) is 0 Å². The quantitative estimate of drug-likeness (QED) is 0.385. The number of anilines is 1. The molecular formula is C11H21N5O3. The Kier molecular flexibility index (Phi) is 6.83. The van der Waals surface area contributed by atoms with Crippen molar-refractivity contribution >= 4 is 5.95 Å². The Balaban J connectivity index is 2.55. The van der Waals surface area contributed by atoms with Crippen molar-refractivity contribution in [3.8, 4) is 12.0 Å². The summed E-state index contributed by atoms with van der Waals surface area (Å²) in [7, 11) is 0. The second kappa shape index (κ2) is 8.44. The van der Waals surface area contributed by atoms with Gasteiger partial charge in [-0.25, -0.2) is 5.84 Å². The molecule has 0 aliphatic rings. The summed E-state index contributed by atoms with van der Waals surface area (Å²) < 4.78 is 16.0. The summed E-state index contributed by atoms with van der Waals surface area (Å²) in [5.41, 5.74) is 2.34. The van der Waals surface area contributed by atoms with Gasteiger partial charge in [0.05, 0.1) is 19.3 Å². The first-order chi connectivity index (χ1) is 9.15. The van der Waals surface area contributed by atoms with Crippen molar-refractivity contribution in [2.75, 3.05) is 25.2 Å². The number of rotatable bonds is 9. The molecule has 1 aromatic heterocycles. The Labute approximate surface area is 112 Å². The minimum Gasteiger partial charge on any atom is -0.463 e. The summed E-state index contributed by atoms with van der Waals surface area (Å²) in [6, 6.07) is 0.339. The second-order valence-electron chi connectivity index (χ2n) is 3.98. The standard InChI is InChI=1S/C11H21N5O3/c1-4-5-18-10-13-9(16-12)14-11(15-10)19-7-6-17-8(2)3/h8H,4-7,12H2,1-3H3,(H,13,14,15,16). The molecule has 0 amide bonds. The minimum atomic E-state index is 0.154. The number of ether oxygens (including phenoxy) is 3. The molecule has 0 aliphatic heterocycles. The van der Waals surface area contributed by atoms with Crippen molar-refractivity contribution in [1.29, 1.82) is 0 Å². The van der Waals surface area contributed by atoms with E-state index in [9.17, 15) is 0 Å². The second-order valence-corrected chi connectivity index (χ2v) is 3.98. The van der Waals surface area contributed by atoms with E-state index in [-0.39, 0.29) is 24.1 Å². The first-order valence-electron chi connectivity index (χ1n) is 6.25. The first kappa shape index (κ1) is 15.4. The summed E-state index contributed by atoms with van der Waals surface area (Å²) in [5.74, 6) is 5.47. The molecule has 0 fully saturated rings. The predicted octanol–water partition coefficient (Wildman–Crippen LogP) is 0.750. The van der Waals surface area contributed by atoms with Crippen molar-refractivity contribution < 1.29 is 14.2 Å². The fourth-order valence-electron chi connectivity index (χ4n) is 1.14. The predicted molar refractivity (Wildman–Crippen MR) is 70.0 cm³/mol. The van der Waals surface area contributed by atoms with Gasteiger partial charge in [-0.3, -0.25) is 5.43 Å². The van der Waals surface area contributed by atoms with Crippen molar-refractivity contribution in [3.63, 3.8) is 0 Å². The Morgan fingerprint density at radius 2 is 1.68 bits per heavy atom. The molecule has 19 heavy (non-hydrogen) atoms. The van der Waals surface area contributed by atoms with Gasteiger partial charge in [-0.2, -0.15) is 9.97 Å². The van der Waals surface area contributed by atoms with Crippen LogP contribution < -0.4 is 20.7 Å². The molecule has 0 saturated carbocycles. The molecule has 8 heteroatoms. The number of nitrogen functional groups attached to an aromatic ring is 1. The van der Waals surface area contributed by atoms with Crippen molar-refractivity contribution in [2.24, 2.45) is 5.84 Å². The molecule has 0 spiro atoms. The molecule has 3 N–H and O–H groups in total. The summed E-state index contributed by atoms with van der Waals surface area (Å²) in [5, 5.41) is 0. The lowest BCUT2D eigenvalue weighted by atomic mass is 10.5. The summed E-state index contributed by atoms with van der Waals surface area (Å²) in [4.78, 5) is 11.9. The highest BCUT2D eigenvalue weighted by Gasteiger charge is 2.08. The zero-order valence-electron chi connectivity index (χ0n) is 11.5. The van der Waals surface area contributed by atoms with Gasteiger partial charge in [0.25, 0.3) is 0 Å². The third-order valence-electron chi connectivity index (χ3n) is 1.92. The molecule has 0 radical (unpaired) electrons. The van der Waals surface area contributed by atoms with E-state index in [4.69, 9.17) is 20.1 Å². The zero-order chi connectivity index (χ0) is 14.1. The normalized spacial score (nSPS) is 10.6. The Morgan fingerprint density at radius 3 is 2.21 bits per heavy atom. The van der Waals surface area contributed by atoms with Crippen LogP contribution in [-0.4, -0.2) is 40.9 Å². The van der Waals surface area contributed by atoms with Crippen LogP contribution >= 0.6 is 0 Å². The highest BCUT2D eigenvalue weighted by atomic mass is 16.5. The van der Waals surface area contributed by atoms with Crippen molar-refractivity contribution in [3.05, 3.63) is 0 Å². The molecule has 0 saturated heterocycles. The number of nitrogens with one attached hydrogen (secondary N) is 1. The molecule has 0 bridgehead atoms. The monoisotopic (exact) mass is 271 g/mol. The van der Waals surface area contributed by atoms with Crippen LogP contribution in [0.15, 0.2) is 0 Å². The van der Waals surface area contributed by atoms with E-state index in [0.29, 0.717) is 19.8 Å². The number of aromatic nitrogens is 3. The molecule has 1 heterocycles. The summed E-state index contributed by atoms with van der Waals surface area (Å²) in [6.45, 7) is 7.22. The van der Waals surface area contributed by atoms with Gasteiger partial charge < -0.3 is 14.2 Å². The molecule has 0 aromatic carbocycles. The van der Waals surface area contributed by atoms with Crippen LogP contribution in [0, 0.1) is 0 Å². The maximum atomic E-state index is 5.36. The maximum absolute atomic E-state index is 5.36. The smallest absolute Gasteiger partial charge is 0.324 e. The average Bonchev–Trinajstić information content (AvgIpc) is 2.41. The third kappa shape index (κ3) is 6.16. The van der Waals surface area contributed by atoms with E-state index in [1.807, 2.05) is 20.8 Å². The molecule has 1 rings (SSSR count). The molecule has 1 aromatic rings. The van der Waals surface area contributed by atoms with Gasteiger partial charge in [-0.15, -0.1) is 4.98 Å². The highest BCUT2D eigenvalue weighted by Crippen LogP contribution is 2.12. The fraction of sp³-hybridized carbons (Fsp3) is 0.727. The maximum Gasteiger partial charge on any atom is 0.324 e. The van der Waals surface area contributed by atoms with Crippen molar-refractivity contribution in [1.82, 2.24) is 15.0 Å². The summed E-state index contributed by atoms with van der Waals surface area (Å²) in [6.07, 6.45) is 1.02. The molecule has 0 aliphatic carbocycles. The van der Waals surface area contributed by atoms with Crippen LogP contribution in [0.2, 0.25) is 0 Å². The van der Waals surface area contributed by atoms with Gasteiger partial charge in [0, 0.05) is 0 Å². The Morgan fingerprint density at radius 1 is 1.05 bits per heavy atom. The Hall–Kier alpha value is -1.67. The van der Waals surface area contributed by atoms with Gasteiger partial charge in [-0.05, 0) is 20.3 Å². The summed E-state index contributed by atoms with van der Waals surface area (Å²) >= 11 is 0. The van der Waals surface area contributed by atoms with Crippen molar-refractivity contribution in [2.45, 2.75) is 33.3 Å². The Bertz CT molecular complexity index is 375. The van der Waals surface area contributed by atoms with Crippen LogP contribution in [0.3, 0.4) is 0 Å². The molecule has 0 unspecified atom stereocenters. The number of hydrogen-bond acceptors (Lipinski definition) is 8. The third-order valence-corrected chi connectivity index (χ3v) is 1.92. The van der Waals surface area contributed by atoms with E-state index in [1.54, 1.807) is 0 Å². The largest absolute Gasteiger partial charge is 0.463 e. The molecule has 0 atom stereocenters. The van der Waals surface area contributed by atoms with Crippen LogP contribution in [-0.2, 0) is 4.74 Å². The van der Waals surface area contributed by atoms with Gasteiger partial charge in [0.2, 0.25) is 5.95 Å². The highest BCUT2D eigenvalue weighted by molar-refractivity contribution is 5.25. The number of hydrogen-bond donors (Lipinski definition) is 2. The average molecular weight is 271 g/mol. The zero-order valence-corrected chi connectivity index (χ0v) is 11.5. The molecule has 8 nitrogen and oxygen atoms in total. The van der Waals surface area contributed by atoms with E-state index in [2.05, 4.69) is 20.4 Å². The number of nitrogens with zero attached hydrogens (tertiary/aromatic N) is 3. The van der Waals surface area contributed by atoms with Crippen LogP contribution in [0.1, 0.15) is 27.2 Å². The van der Waals surface area contributed by atoms with Crippen LogP contribution in [0.4, 0.5) is 5.95 Å².